The van der Waals surface area contributed by atoms with E-state index in [9.17, 15) is 4.39 Å². The predicted molar refractivity (Wildman–Crippen MR) is 81.1 cm³/mol. The van der Waals surface area contributed by atoms with Crippen molar-refractivity contribution < 1.29 is 8.91 Å². The summed E-state index contributed by atoms with van der Waals surface area (Å²) >= 11 is 3.41. The summed E-state index contributed by atoms with van der Waals surface area (Å²) in [6, 6.07) is 12.0. The van der Waals surface area contributed by atoms with Crippen molar-refractivity contribution in [2.45, 2.75) is 6.42 Å². The van der Waals surface area contributed by atoms with E-state index in [1.54, 1.807) is 0 Å². The van der Waals surface area contributed by atoms with Crippen molar-refractivity contribution in [3.63, 3.8) is 0 Å². The van der Waals surface area contributed by atoms with Crippen LogP contribution in [0, 0.1) is 5.82 Å². The van der Waals surface area contributed by atoms with E-state index in [1.807, 2.05) is 24.3 Å². The van der Waals surface area contributed by atoms with E-state index in [-0.39, 0.29) is 11.5 Å². The van der Waals surface area contributed by atoms with Crippen LogP contribution in [0.15, 0.2) is 51.5 Å². The Labute approximate surface area is 128 Å². The standard InChI is InChI=1S/C15H11BrFN3O/c16-10-3-1-2-9(6-10)7-14-19-15(21-20-14)12-8-11(18)4-5-13(12)17/h1-6,8H,7,18H2. The zero-order chi connectivity index (χ0) is 14.8. The van der Waals surface area contributed by atoms with Crippen LogP contribution in [0.25, 0.3) is 11.5 Å². The maximum Gasteiger partial charge on any atom is 0.260 e. The number of hydrogen-bond acceptors (Lipinski definition) is 4. The Morgan fingerprint density at radius 2 is 2.05 bits per heavy atom. The summed E-state index contributed by atoms with van der Waals surface area (Å²) in [5.41, 5.74) is 7.34. The highest BCUT2D eigenvalue weighted by molar-refractivity contribution is 9.10. The fourth-order valence-electron chi connectivity index (χ4n) is 1.97. The largest absolute Gasteiger partial charge is 0.399 e. The normalized spacial score (nSPS) is 10.8. The first-order chi connectivity index (χ1) is 10.1. The molecule has 2 N–H and O–H groups in total. The summed E-state index contributed by atoms with van der Waals surface area (Å²) in [6.45, 7) is 0. The second-order valence-corrected chi connectivity index (χ2v) is 5.48. The van der Waals surface area contributed by atoms with Gasteiger partial charge in [-0.05, 0) is 35.9 Å². The lowest BCUT2D eigenvalue weighted by Gasteiger charge is -1.98. The number of aromatic nitrogens is 2. The van der Waals surface area contributed by atoms with Crippen molar-refractivity contribution in [1.82, 2.24) is 10.1 Å². The van der Waals surface area contributed by atoms with Gasteiger partial charge in [-0.2, -0.15) is 4.98 Å². The Hall–Kier alpha value is -2.21. The maximum absolute atomic E-state index is 13.8. The highest BCUT2D eigenvalue weighted by atomic mass is 79.9. The third-order valence-corrected chi connectivity index (χ3v) is 3.43. The Morgan fingerprint density at radius 1 is 1.19 bits per heavy atom. The minimum absolute atomic E-state index is 0.129. The molecule has 1 heterocycles. The lowest BCUT2D eigenvalue weighted by molar-refractivity contribution is 0.421. The molecule has 0 aliphatic carbocycles. The highest BCUT2D eigenvalue weighted by Gasteiger charge is 2.14. The topological polar surface area (TPSA) is 64.9 Å². The van der Waals surface area contributed by atoms with Crippen LogP contribution in [0.5, 0.6) is 0 Å². The van der Waals surface area contributed by atoms with Crippen molar-refractivity contribution in [3.8, 4) is 11.5 Å². The highest BCUT2D eigenvalue weighted by Crippen LogP contribution is 2.24. The number of anilines is 1. The predicted octanol–water partition coefficient (Wildman–Crippen LogP) is 3.81. The summed E-state index contributed by atoms with van der Waals surface area (Å²) in [7, 11) is 0. The molecule has 0 unspecified atom stereocenters. The average molecular weight is 348 g/mol. The first-order valence-corrected chi connectivity index (χ1v) is 7.03. The van der Waals surface area contributed by atoms with Gasteiger partial charge in [-0.3, -0.25) is 0 Å². The number of nitrogen functional groups attached to an aromatic ring is 1. The molecule has 21 heavy (non-hydrogen) atoms. The van der Waals surface area contributed by atoms with E-state index in [0.717, 1.165) is 10.0 Å². The number of hydrogen-bond donors (Lipinski definition) is 1. The molecule has 0 fully saturated rings. The van der Waals surface area contributed by atoms with Crippen LogP contribution in [0.2, 0.25) is 0 Å². The smallest absolute Gasteiger partial charge is 0.260 e. The van der Waals surface area contributed by atoms with Gasteiger partial charge in [-0.25, -0.2) is 4.39 Å². The van der Waals surface area contributed by atoms with Gasteiger partial charge in [0.25, 0.3) is 5.89 Å². The van der Waals surface area contributed by atoms with Crippen LogP contribution in [0.1, 0.15) is 11.4 Å². The van der Waals surface area contributed by atoms with Crippen molar-refractivity contribution in [2.24, 2.45) is 0 Å². The second kappa shape index (κ2) is 5.65. The Bertz CT molecular complexity index is 788. The van der Waals surface area contributed by atoms with Gasteiger partial charge in [0.05, 0.1) is 5.56 Å². The first-order valence-electron chi connectivity index (χ1n) is 6.24. The van der Waals surface area contributed by atoms with Crippen molar-refractivity contribution in [3.05, 3.63) is 64.1 Å². The van der Waals surface area contributed by atoms with Gasteiger partial charge in [0.1, 0.15) is 5.82 Å². The van der Waals surface area contributed by atoms with Crippen LogP contribution >= 0.6 is 15.9 Å². The van der Waals surface area contributed by atoms with Crippen molar-refractivity contribution >= 4 is 21.6 Å². The SMILES string of the molecule is Nc1ccc(F)c(-c2nc(Cc3cccc(Br)c3)no2)c1. The third-order valence-electron chi connectivity index (χ3n) is 2.94. The summed E-state index contributed by atoms with van der Waals surface area (Å²) in [6.07, 6.45) is 0.507. The van der Waals surface area contributed by atoms with Crippen LogP contribution in [-0.2, 0) is 6.42 Å². The second-order valence-electron chi connectivity index (χ2n) is 4.56. The molecule has 0 atom stereocenters. The van der Waals surface area contributed by atoms with Gasteiger partial charge in [0.2, 0.25) is 0 Å². The zero-order valence-corrected chi connectivity index (χ0v) is 12.5. The summed E-state index contributed by atoms with van der Waals surface area (Å²) in [5, 5.41) is 3.88. The molecule has 6 heteroatoms. The van der Waals surface area contributed by atoms with Crippen LogP contribution in [0.4, 0.5) is 10.1 Å². The molecule has 0 radical (unpaired) electrons. The molecule has 0 bridgehead atoms. The lowest BCUT2D eigenvalue weighted by atomic mass is 10.1. The molecule has 3 rings (SSSR count). The van der Waals surface area contributed by atoms with E-state index in [2.05, 4.69) is 26.1 Å². The minimum Gasteiger partial charge on any atom is -0.399 e. The van der Waals surface area contributed by atoms with Crippen LogP contribution in [0.3, 0.4) is 0 Å². The molecule has 0 saturated heterocycles. The van der Waals surface area contributed by atoms with Gasteiger partial charge in [0.15, 0.2) is 5.82 Å². The molecule has 0 aliphatic rings. The number of nitrogens with zero attached hydrogens (tertiary/aromatic N) is 2. The average Bonchev–Trinajstić information content (AvgIpc) is 2.90. The Kier molecular flexibility index (Phi) is 3.70. The molecular weight excluding hydrogens is 337 g/mol. The van der Waals surface area contributed by atoms with E-state index >= 15 is 0 Å². The van der Waals surface area contributed by atoms with E-state index in [1.165, 1.54) is 18.2 Å². The first kappa shape index (κ1) is 13.8. The molecule has 0 amide bonds. The third kappa shape index (κ3) is 3.11. The van der Waals surface area contributed by atoms with Gasteiger partial charge in [0, 0.05) is 16.6 Å². The monoisotopic (exact) mass is 347 g/mol. The van der Waals surface area contributed by atoms with Crippen LogP contribution < -0.4 is 5.73 Å². The molecule has 4 nitrogen and oxygen atoms in total. The van der Waals surface area contributed by atoms with E-state index < -0.39 is 5.82 Å². The quantitative estimate of drug-likeness (QED) is 0.731. The molecule has 106 valence electrons. The molecular formula is C15H11BrFN3O. The summed E-state index contributed by atoms with van der Waals surface area (Å²) < 4.78 is 19.9. The number of rotatable bonds is 3. The molecule has 0 spiro atoms. The van der Waals surface area contributed by atoms with E-state index in [4.69, 9.17) is 10.3 Å². The van der Waals surface area contributed by atoms with Crippen LogP contribution in [-0.4, -0.2) is 10.1 Å². The maximum atomic E-state index is 13.8. The number of nitrogens with two attached hydrogens (primary N) is 1. The molecule has 3 aromatic rings. The summed E-state index contributed by atoms with van der Waals surface area (Å²) in [5.74, 6) is 0.177. The fraction of sp³-hybridized carbons (Fsp3) is 0.0667. The number of benzene rings is 2. The molecule has 0 aliphatic heterocycles. The molecule has 1 aromatic heterocycles. The van der Waals surface area contributed by atoms with Crippen molar-refractivity contribution in [2.75, 3.05) is 5.73 Å². The minimum atomic E-state index is -0.443. The molecule has 2 aromatic carbocycles. The fourth-order valence-corrected chi connectivity index (χ4v) is 2.42. The Morgan fingerprint density at radius 3 is 2.86 bits per heavy atom. The van der Waals surface area contributed by atoms with E-state index in [0.29, 0.717) is 17.9 Å². The van der Waals surface area contributed by atoms with Gasteiger partial charge < -0.3 is 10.3 Å². The molecule has 0 saturated carbocycles. The zero-order valence-electron chi connectivity index (χ0n) is 10.9. The van der Waals surface area contributed by atoms with Gasteiger partial charge in [-0.15, -0.1) is 0 Å². The lowest BCUT2D eigenvalue weighted by Crippen LogP contribution is -1.92. The van der Waals surface area contributed by atoms with Crippen molar-refractivity contribution in [1.29, 1.82) is 0 Å². The summed E-state index contributed by atoms with van der Waals surface area (Å²) in [4.78, 5) is 4.22. The van der Waals surface area contributed by atoms with Gasteiger partial charge in [-0.1, -0.05) is 33.2 Å². The Balaban J connectivity index is 1.88. The number of halogens is 2. The van der Waals surface area contributed by atoms with Gasteiger partial charge >= 0.3 is 0 Å².